The molecule has 0 bridgehead atoms. The van der Waals surface area contributed by atoms with E-state index in [2.05, 4.69) is 16.4 Å². The fourth-order valence-corrected chi connectivity index (χ4v) is 2.46. The Morgan fingerprint density at radius 2 is 2.15 bits per heavy atom. The second kappa shape index (κ2) is 5.43. The lowest BCUT2D eigenvalue weighted by Crippen LogP contribution is -2.42. The number of aromatic nitrogens is 1. The van der Waals surface area contributed by atoms with Crippen molar-refractivity contribution < 1.29 is 4.79 Å². The summed E-state index contributed by atoms with van der Waals surface area (Å²) in [6.45, 7) is 3.17. The lowest BCUT2D eigenvalue weighted by molar-refractivity contribution is -0.120. The minimum absolute atomic E-state index is 0.0961. The van der Waals surface area contributed by atoms with Crippen molar-refractivity contribution in [3.63, 3.8) is 0 Å². The fraction of sp³-hybridized carbons (Fsp3) is 0.250. The third kappa shape index (κ3) is 2.42. The van der Waals surface area contributed by atoms with E-state index in [1.807, 2.05) is 42.2 Å². The van der Waals surface area contributed by atoms with Crippen LogP contribution in [-0.2, 0) is 17.9 Å². The van der Waals surface area contributed by atoms with Gasteiger partial charge in [0, 0.05) is 24.6 Å². The maximum atomic E-state index is 12.6. The van der Waals surface area contributed by atoms with E-state index in [0.29, 0.717) is 13.1 Å². The molecular formula is C16H17N3O. The molecule has 2 heterocycles. The maximum Gasteiger partial charge on any atom is 0.244 e. The van der Waals surface area contributed by atoms with Crippen LogP contribution in [0.1, 0.15) is 18.1 Å². The van der Waals surface area contributed by atoms with E-state index >= 15 is 0 Å². The van der Waals surface area contributed by atoms with Crippen molar-refractivity contribution in [2.75, 3.05) is 4.90 Å². The second-order valence-corrected chi connectivity index (χ2v) is 5.02. The third-order valence-corrected chi connectivity index (χ3v) is 3.58. The number of para-hydroxylation sites is 1. The monoisotopic (exact) mass is 267 g/mol. The van der Waals surface area contributed by atoms with Gasteiger partial charge in [-0.2, -0.15) is 0 Å². The van der Waals surface area contributed by atoms with Gasteiger partial charge in [0.2, 0.25) is 5.91 Å². The van der Waals surface area contributed by atoms with Crippen LogP contribution in [-0.4, -0.2) is 16.9 Å². The Bertz CT molecular complexity index is 612. The van der Waals surface area contributed by atoms with Crippen LogP contribution in [0.5, 0.6) is 0 Å². The summed E-state index contributed by atoms with van der Waals surface area (Å²) in [5.41, 5.74) is 3.16. The Balaban J connectivity index is 1.99. The normalized spacial score (nSPS) is 18.6. The Morgan fingerprint density at radius 3 is 2.95 bits per heavy atom. The molecule has 102 valence electrons. The minimum Gasteiger partial charge on any atom is -0.306 e. The Hall–Kier alpha value is -2.20. The van der Waals surface area contributed by atoms with Gasteiger partial charge in [-0.15, -0.1) is 0 Å². The van der Waals surface area contributed by atoms with E-state index in [4.69, 9.17) is 0 Å². The summed E-state index contributed by atoms with van der Waals surface area (Å²) in [5, 5.41) is 3.26. The fourth-order valence-electron chi connectivity index (χ4n) is 2.46. The van der Waals surface area contributed by atoms with Crippen molar-refractivity contribution in [2.45, 2.75) is 26.1 Å². The highest BCUT2D eigenvalue weighted by Gasteiger charge is 2.26. The van der Waals surface area contributed by atoms with Gasteiger partial charge in [-0.25, -0.2) is 0 Å². The molecule has 4 nitrogen and oxygen atoms in total. The van der Waals surface area contributed by atoms with Gasteiger partial charge in [0.1, 0.15) is 0 Å². The molecule has 0 saturated heterocycles. The number of anilines is 1. The number of pyridine rings is 1. The topological polar surface area (TPSA) is 45.2 Å². The number of nitrogens with one attached hydrogen (secondary N) is 1. The summed E-state index contributed by atoms with van der Waals surface area (Å²) in [6.07, 6.45) is 3.55. The van der Waals surface area contributed by atoms with E-state index in [1.54, 1.807) is 12.4 Å². The number of hydrogen-bond donors (Lipinski definition) is 1. The van der Waals surface area contributed by atoms with Gasteiger partial charge in [0.25, 0.3) is 0 Å². The number of nitrogens with zero attached hydrogens (tertiary/aromatic N) is 2. The first-order valence-electron chi connectivity index (χ1n) is 6.77. The van der Waals surface area contributed by atoms with E-state index < -0.39 is 0 Å². The number of carbonyl (C=O) groups excluding carboxylic acids is 1. The summed E-state index contributed by atoms with van der Waals surface area (Å²) in [6, 6.07) is 11.7. The molecule has 1 atom stereocenters. The first-order valence-corrected chi connectivity index (χ1v) is 6.77. The molecule has 1 N–H and O–H groups in total. The highest BCUT2D eigenvalue weighted by Crippen LogP contribution is 2.25. The van der Waals surface area contributed by atoms with Gasteiger partial charge in [-0.1, -0.05) is 24.3 Å². The zero-order valence-corrected chi connectivity index (χ0v) is 11.4. The van der Waals surface area contributed by atoms with Crippen molar-refractivity contribution in [1.29, 1.82) is 0 Å². The second-order valence-electron chi connectivity index (χ2n) is 5.02. The van der Waals surface area contributed by atoms with Gasteiger partial charge < -0.3 is 10.2 Å². The number of carbonyl (C=O) groups is 1. The molecule has 0 spiro atoms. The van der Waals surface area contributed by atoms with Gasteiger partial charge in [0.15, 0.2) is 0 Å². The molecule has 0 aliphatic carbocycles. The SMILES string of the molecule is CC1NCc2ccccc2N(Cc2cccnc2)C1=O. The maximum absolute atomic E-state index is 12.6. The van der Waals surface area contributed by atoms with Crippen molar-refractivity contribution in [2.24, 2.45) is 0 Å². The molecule has 2 aromatic rings. The molecule has 1 aliphatic rings. The summed E-state index contributed by atoms with van der Waals surface area (Å²) in [5.74, 6) is 0.0961. The van der Waals surface area contributed by atoms with Gasteiger partial charge >= 0.3 is 0 Å². The quantitative estimate of drug-likeness (QED) is 0.906. The van der Waals surface area contributed by atoms with Crippen molar-refractivity contribution in [3.8, 4) is 0 Å². The van der Waals surface area contributed by atoms with Crippen LogP contribution in [0, 0.1) is 0 Å². The number of amides is 1. The van der Waals surface area contributed by atoms with Crippen LogP contribution in [0.3, 0.4) is 0 Å². The number of hydrogen-bond acceptors (Lipinski definition) is 3. The van der Waals surface area contributed by atoms with E-state index in [1.165, 1.54) is 0 Å². The van der Waals surface area contributed by atoms with Gasteiger partial charge in [-0.05, 0) is 30.2 Å². The molecule has 1 aromatic heterocycles. The number of rotatable bonds is 2. The van der Waals surface area contributed by atoms with E-state index in [-0.39, 0.29) is 11.9 Å². The highest BCUT2D eigenvalue weighted by molar-refractivity contribution is 5.98. The van der Waals surface area contributed by atoms with Gasteiger partial charge in [-0.3, -0.25) is 9.78 Å². The molecule has 20 heavy (non-hydrogen) atoms. The van der Waals surface area contributed by atoms with Crippen LogP contribution >= 0.6 is 0 Å². The van der Waals surface area contributed by atoms with E-state index in [0.717, 1.165) is 16.8 Å². The predicted octanol–water partition coefficient (Wildman–Crippen LogP) is 2.11. The Kier molecular flexibility index (Phi) is 3.48. The van der Waals surface area contributed by atoms with Crippen LogP contribution < -0.4 is 10.2 Å². The summed E-state index contributed by atoms with van der Waals surface area (Å²) in [7, 11) is 0. The lowest BCUT2D eigenvalue weighted by Gasteiger charge is -2.24. The highest BCUT2D eigenvalue weighted by atomic mass is 16.2. The Morgan fingerprint density at radius 1 is 1.30 bits per heavy atom. The van der Waals surface area contributed by atoms with Crippen LogP contribution in [0.15, 0.2) is 48.8 Å². The molecule has 0 radical (unpaired) electrons. The standard InChI is InChI=1S/C16H17N3O/c1-12-16(20)19(11-13-5-4-8-17-9-13)15-7-3-2-6-14(15)10-18-12/h2-9,12,18H,10-11H2,1H3. The third-order valence-electron chi connectivity index (χ3n) is 3.58. The summed E-state index contributed by atoms with van der Waals surface area (Å²) in [4.78, 5) is 18.5. The van der Waals surface area contributed by atoms with Crippen molar-refractivity contribution in [1.82, 2.24) is 10.3 Å². The first kappa shape index (κ1) is 12.8. The van der Waals surface area contributed by atoms with Gasteiger partial charge in [0.05, 0.1) is 12.6 Å². The average Bonchev–Trinajstić information content (AvgIpc) is 2.61. The molecule has 3 rings (SSSR count). The Labute approximate surface area is 118 Å². The van der Waals surface area contributed by atoms with Crippen LogP contribution in [0.4, 0.5) is 5.69 Å². The zero-order valence-electron chi connectivity index (χ0n) is 11.4. The summed E-state index contributed by atoms with van der Waals surface area (Å²) >= 11 is 0. The molecule has 1 unspecified atom stereocenters. The average molecular weight is 267 g/mol. The molecular weight excluding hydrogens is 250 g/mol. The van der Waals surface area contributed by atoms with Crippen LogP contribution in [0.25, 0.3) is 0 Å². The molecule has 1 aromatic carbocycles. The van der Waals surface area contributed by atoms with Crippen molar-refractivity contribution in [3.05, 3.63) is 59.9 Å². The molecule has 0 saturated carbocycles. The lowest BCUT2D eigenvalue weighted by atomic mass is 10.1. The largest absolute Gasteiger partial charge is 0.306 e. The molecule has 0 fully saturated rings. The van der Waals surface area contributed by atoms with E-state index in [9.17, 15) is 4.79 Å². The minimum atomic E-state index is -0.181. The number of benzene rings is 1. The molecule has 1 aliphatic heterocycles. The summed E-state index contributed by atoms with van der Waals surface area (Å²) < 4.78 is 0. The first-order chi connectivity index (χ1) is 9.75. The molecule has 4 heteroatoms. The van der Waals surface area contributed by atoms with Crippen LogP contribution in [0.2, 0.25) is 0 Å². The zero-order chi connectivity index (χ0) is 13.9. The smallest absolute Gasteiger partial charge is 0.244 e. The number of fused-ring (bicyclic) bond motifs is 1. The van der Waals surface area contributed by atoms with Crippen molar-refractivity contribution >= 4 is 11.6 Å². The predicted molar refractivity (Wildman–Crippen MR) is 78.2 cm³/mol. The molecule has 1 amide bonds.